The minimum atomic E-state index is 0. The molecule has 0 N–H and O–H groups in total. The van der Waals surface area contributed by atoms with Gasteiger partial charge in [0.1, 0.15) is 0 Å². The average molecular weight is 181 g/mol. The molecule has 0 aliphatic carbocycles. The minimum Gasteiger partial charge on any atom is -1.00 e. The molecule has 0 fully saturated rings. The quantitative estimate of drug-likeness (QED) is 0.312. The summed E-state index contributed by atoms with van der Waals surface area (Å²) in [6, 6.07) is 0. The fourth-order valence-electron chi connectivity index (χ4n) is 0. The van der Waals surface area contributed by atoms with E-state index in [1.54, 1.807) is 0 Å². The molecule has 0 unspecified atom stereocenters. The van der Waals surface area contributed by atoms with Gasteiger partial charge in [0.25, 0.3) is 0 Å². The summed E-state index contributed by atoms with van der Waals surface area (Å²) in [5, 5.41) is 0. The van der Waals surface area contributed by atoms with Gasteiger partial charge in [0.2, 0.25) is 0 Å². The maximum atomic E-state index is 3.60. The monoisotopic (exact) mass is 180 g/mol. The summed E-state index contributed by atoms with van der Waals surface area (Å²) in [5.74, 6) is 0. The Hall–Kier alpha value is 1.65. The Morgan fingerprint density at radius 2 is 1.00 bits per heavy atom. The van der Waals surface area contributed by atoms with Crippen molar-refractivity contribution in [3.63, 3.8) is 0 Å². The topological polar surface area (TPSA) is 0 Å². The van der Waals surface area contributed by atoms with Gasteiger partial charge in [0.05, 0.1) is 0 Å². The van der Waals surface area contributed by atoms with Crippen LogP contribution >= 0.6 is 0 Å². The van der Waals surface area contributed by atoms with E-state index in [0.717, 1.165) is 12.8 Å². The van der Waals surface area contributed by atoms with Crippen LogP contribution in [0, 0.1) is 13.8 Å². The summed E-state index contributed by atoms with van der Waals surface area (Å²) >= 11 is 0. The van der Waals surface area contributed by atoms with Gasteiger partial charge < -0.3 is 26.3 Å². The normalized spacial score (nSPS) is 5.45. The molecule has 0 spiro atoms. The van der Waals surface area contributed by atoms with Crippen molar-refractivity contribution in [2.45, 2.75) is 39.5 Å². The van der Waals surface area contributed by atoms with E-state index >= 15 is 0 Å². The summed E-state index contributed by atoms with van der Waals surface area (Å²) in [6.07, 6.45) is 4.56. The third-order valence-electron chi connectivity index (χ3n) is 0.707. The van der Waals surface area contributed by atoms with Gasteiger partial charge in [-0.3, -0.25) is 0 Å². The summed E-state index contributed by atoms with van der Waals surface area (Å²) in [7, 11) is 0. The molecule has 0 radical (unpaired) electrons. The third-order valence-corrected chi connectivity index (χ3v) is 0.707. The van der Waals surface area contributed by atoms with Crippen molar-refractivity contribution < 1.29 is 31.3 Å². The van der Waals surface area contributed by atoms with Crippen molar-refractivity contribution in [1.82, 2.24) is 0 Å². The first-order chi connectivity index (χ1) is 3.83. The van der Waals surface area contributed by atoms with E-state index in [0.29, 0.717) is 0 Å². The molecule has 0 saturated carbocycles. The summed E-state index contributed by atoms with van der Waals surface area (Å²) in [4.78, 5) is 0. The molecule has 0 atom stereocenters. The first-order valence-electron chi connectivity index (χ1n) is 3.41. The van der Waals surface area contributed by atoms with Gasteiger partial charge in [-0.05, 0) is 0 Å². The number of unbranched alkanes of at least 4 members (excludes halogenated alkanes) is 2. The molecule has 11 heavy (non-hydrogen) atoms. The van der Waals surface area contributed by atoms with Gasteiger partial charge in [-0.15, -0.1) is 0 Å². The first kappa shape index (κ1) is 29.3. The van der Waals surface area contributed by atoms with Crippen molar-refractivity contribution in [1.29, 1.82) is 0 Å². The Bertz CT molecular complexity index is 22.1. The van der Waals surface area contributed by atoms with Crippen LogP contribution in [0.1, 0.15) is 39.5 Å². The first-order valence-corrected chi connectivity index (χ1v) is 3.41. The molecule has 60 valence electrons. The molecule has 0 bridgehead atoms. The van der Waals surface area contributed by atoms with E-state index in [9.17, 15) is 0 Å². The van der Waals surface area contributed by atoms with Crippen LogP contribution in [0.4, 0.5) is 0 Å². The molecule has 0 heterocycles. The van der Waals surface area contributed by atoms with Crippen molar-refractivity contribution >= 4 is 23.1 Å². The second-order valence-electron chi connectivity index (χ2n) is 1.71. The predicted molar refractivity (Wildman–Crippen MR) is 46.3 cm³/mol. The van der Waals surface area contributed by atoms with Crippen molar-refractivity contribution in [2.24, 2.45) is 0 Å². The molecule has 0 aliphatic heterocycles. The molecule has 0 saturated heterocycles. The summed E-state index contributed by atoms with van der Waals surface area (Å²) in [6.45, 7) is 11.4. The van der Waals surface area contributed by atoms with Crippen LogP contribution in [0.15, 0.2) is 0 Å². The second-order valence-corrected chi connectivity index (χ2v) is 1.71. The fraction of sp³-hybridized carbons (Fsp3) is 0.750. The van der Waals surface area contributed by atoms with Gasteiger partial charge >= 0.3 is 41.9 Å². The second kappa shape index (κ2) is 41.4. The molecular formula is C8H18ClLiMg. The van der Waals surface area contributed by atoms with Crippen LogP contribution in [0.5, 0.6) is 0 Å². The zero-order valence-corrected chi connectivity index (χ0v) is 10.5. The van der Waals surface area contributed by atoms with Crippen LogP contribution < -0.4 is 31.3 Å². The van der Waals surface area contributed by atoms with Crippen LogP contribution in [-0.2, 0) is 0 Å². The number of halogens is 1. The molecule has 0 aromatic rings. The van der Waals surface area contributed by atoms with E-state index in [1.165, 1.54) is 12.8 Å². The Morgan fingerprint density at radius 1 is 0.909 bits per heavy atom. The average Bonchev–Trinajstić information content (AvgIpc) is 1.88. The smallest absolute Gasteiger partial charge is 1.00 e. The Kier molecular flexibility index (Phi) is 110. The zero-order valence-electron chi connectivity index (χ0n) is 8.33. The molecule has 3 heteroatoms. The van der Waals surface area contributed by atoms with E-state index in [-0.39, 0.29) is 54.3 Å². The largest absolute Gasteiger partial charge is 2.00 e. The van der Waals surface area contributed by atoms with Gasteiger partial charge in [-0.1, -0.05) is 26.7 Å². The molecule has 0 amide bonds. The predicted octanol–water partition coefficient (Wildman–Crippen LogP) is -3.13. The van der Waals surface area contributed by atoms with E-state index < -0.39 is 0 Å². The molecule has 0 rings (SSSR count). The molecule has 0 nitrogen and oxygen atoms in total. The summed E-state index contributed by atoms with van der Waals surface area (Å²) in [5.41, 5.74) is 0. The Morgan fingerprint density at radius 3 is 1.00 bits per heavy atom. The van der Waals surface area contributed by atoms with Crippen molar-refractivity contribution in [2.75, 3.05) is 0 Å². The molecule has 0 aliphatic rings. The maximum absolute atomic E-state index is 3.60. The maximum Gasteiger partial charge on any atom is 2.00 e. The standard InChI is InChI=1S/2C4H9.ClH.Li.Mg/c2*1-3-4-2;;;/h2*1,3-4H2,2H3;1H;;/q2*-1;;+1;+2/p-1. The van der Waals surface area contributed by atoms with Gasteiger partial charge in [-0.2, -0.15) is 12.8 Å². The third kappa shape index (κ3) is 81.4. The molecule has 0 aromatic heterocycles. The molecular weight excluding hydrogens is 163 g/mol. The minimum absolute atomic E-state index is 0. The zero-order chi connectivity index (χ0) is 6.83. The van der Waals surface area contributed by atoms with Gasteiger partial charge in [-0.25, -0.2) is 0 Å². The SMILES string of the molecule is [CH2-]CCC.[CH2-]CCC.[Cl-].[Li+].[Mg+2]. The number of hydrogen-bond acceptors (Lipinski definition) is 0. The van der Waals surface area contributed by atoms with E-state index in [2.05, 4.69) is 27.7 Å². The molecule has 0 aromatic carbocycles. The van der Waals surface area contributed by atoms with E-state index in [1.807, 2.05) is 0 Å². The summed E-state index contributed by atoms with van der Waals surface area (Å²) < 4.78 is 0. The van der Waals surface area contributed by atoms with Gasteiger partial charge in [0.15, 0.2) is 0 Å². The fourth-order valence-corrected chi connectivity index (χ4v) is 0. The van der Waals surface area contributed by atoms with E-state index in [4.69, 9.17) is 0 Å². The van der Waals surface area contributed by atoms with Crippen LogP contribution in [0.3, 0.4) is 0 Å². The number of hydrogen-bond donors (Lipinski definition) is 0. The van der Waals surface area contributed by atoms with Crippen LogP contribution in [-0.4, -0.2) is 23.1 Å². The van der Waals surface area contributed by atoms with Crippen LogP contribution in [0.2, 0.25) is 0 Å². The van der Waals surface area contributed by atoms with Crippen molar-refractivity contribution in [3.05, 3.63) is 13.8 Å². The number of rotatable bonds is 2. The van der Waals surface area contributed by atoms with Crippen molar-refractivity contribution in [3.8, 4) is 0 Å². The Balaban J connectivity index is -0.0000000171. The van der Waals surface area contributed by atoms with Crippen LogP contribution in [0.25, 0.3) is 0 Å². The van der Waals surface area contributed by atoms with Gasteiger partial charge in [0, 0.05) is 0 Å². The Labute approximate surface area is 107 Å².